The van der Waals surface area contributed by atoms with E-state index in [4.69, 9.17) is 4.52 Å². The normalized spacial score (nSPS) is 10.5. The Morgan fingerprint density at radius 2 is 2.17 bits per heavy atom. The van der Waals surface area contributed by atoms with Crippen LogP contribution in [0.1, 0.15) is 6.92 Å². The fourth-order valence-electron chi connectivity index (χ4n) is 2.11. The SMILES string of the molecule is CCNc1ccc(-c2noc(-c3cccnc3)n2)cc1[N+](=O)[O-]. The van der Waals surface area contributed by atoms with E-state index in [9.17, 15) is 10.1 Å². The van der Waals surface area contributed by atoms with Crippen LogP contribution in [0.2, 0.25) is 0 Å². The van der Waals surface area contributed by atoms with Crippen molar-refractivity contribution in [3.63, 3.8) is 0 Å². The van der Waals surface area contributed by atoms with E-state index in [0.717, 1.165) is 0 Å². The van der Waals surface area contributed by atoms with E-state index in [2.05, 4.69) is 20.4 Å². The highest BCUT2D eigenvalue weighted by Crippen LogP contribution is 2.30. The lowest BCUT2D eigenvalue weighted by Gasteiger charge is -2.04. The average molecular weight is 311 g/mol. The maximum atomic E-state index is 11.2. The molecule has 3 rings (SSSR count). The molecule has 8 nitrogen and oxygen atoms in total. The van der Waals surface area contributed by atoms with Crippen LogP contribution < -0.4 is 5.32 Å². The molecule has 3 aromatic rings. The minimum Gasteiger partial charge on any atom is -0.380 e. The van der Waals surface area contributed by atoms with E-state index >= 15 is 0 Å². The molecule has 0 radical (unpaired) electrons. The molecule has 0 aliphatic heterocycles. The van der Waals surface area contributed by atoms with Crippen LogP contribution in [0.3, 0.4) is 0 Å². The van der Waals surface area contributed by atoms with Crippen molar-refractivity contribution in [3.8, 4) is 22.8 Å². The van der Waals surface area contributed by atoms with E-state index in [0.29, 0.717) is 29.2 Å². The Morgan fingerprint density at radius 3 is 2.87 bits per heavy atom. The number of nitrogens with one attached hydrogen (secondary N) is 1. The molecule has 0 saturated carbocycles. The fourth-order valence-corrected chi connectivity index (χ4v) is 2.11. The monoisotopic (exact) mass is 311 g/mol. The molecule has 0 amide bonds. The van der Waals surface area contributed by atoms with Crippen molar-refractivity contribution < 1.29 is 9.45 Å². The second-order valence-corrected chi connectivity index (χ2v) is 4.68. The minimum absolute atomic E-state index is 0.0305. The van der Waals surface area contributed by atoms with E-state index in [-0.39, 0.29) is 11.5 Å². The zero-order valence-corrected chi connectivity index (χ0v) is 12.3. The molecule has 8 heteroatoms. The predicted octanol–water partition coefficient (Wildman–Crippen LogP) is 3.14. The first-order valence-corrected chi connectivity index (χ1v) is 6.96. The molecule has 116 valence electrons. The number of aromatic nitrogens is 3. The molecular weight excluding hydrogens is 298 g/mol. The van der Waals surface area contributed by atoms with Crippen LogP contribution in [-0.2, 0) is 0 Å². The Kier molecular flexibility index (Phi) is 3.96. The summed E-state index contributed by atoms with van der Waals surface area (Å²) in [5.41, 5.74) is 1.62. The molecule has 0 bridgehead atoms. The molecule has 2 aromatic heterocycles. The Bertz CT molecular complexity index is 832. The highest BCUT2D eigenvalue weighted by molar-refractivity contribution is 5.70. The summed E-state index contributed by atoms with van der Waals surface area (Å²) in [7, 11) is 0. The molecule has 0 fully saturated rings. The molecular formula is C15H13N5O3. The van der Waals surface area contributed by atoms with Crippen LogP contribution in [0.5, 0.6) is 0 Å². The van der Waals surface area contributed by atoms with Crippen molar-refractivity contribution in [2.45, 2.75) is 6.92 Å². The van der Waals surface area contributed by atoms with Crippen molar-refractivity contribution in [2.24, 2.45) is 0 Å². The molecule has 23 heavy (non-hydrogen) atoms. The highest BCUT2D eigenvalue weighted by Gasteiger charge is 2.17. The second kappa shape index (κ2) is 6.22. The number of pyridine rings is 1. The zero-order valence-electron chi connectivity index (χ0n) is 12.3. The number of nitro benzene ring substituents is 1. The lowest BCUT2D eigenvalue weighted by atomic mass is 10.1. The molecule has 0 spiro atoms. The lowest BCUT2D eigenvalue weighted by Crippen LogP contribution is -2.01. The highest BCUT2D eigenvalue weighted by atomic mass is 16.6. The first-order valence-electron chi connectivity index (χ1n) is 6.96. The van der Waals surface area contributed by atoms with Gasteiger partial charge in [-0.2, -0.15) is 4.98 Å². The third-order valence-electron chi connectivity index (χ3n) is 3.15. The van der Waals surface area contributed by atoms with Crippen molar-refractivity contribution >= 4 is 11.4 Å². The van der Waals surface area contributed by atoms with Gasteiger partial charge in [0, 0.05) is 30.6 Å². The van der Waals surface area contributed by atoms with Gasteiger partial charge in [-0.05, 0) is 31.2 Å². The molecule has 0 aliphatic rings. The van der Waals surface area contributed by atoms with Crippen molar-refractivity contribution in [3.05, 3.63) is 52.8 Å². The van der Waals surface area contributed by atoms with Gasteiger partial charge in [0.25, 0.3) is 11.6 Å². The van der Waals surface area contributed by atoms with Gasteiger partial charge >= 0.3 is 0 Å². The second-order valence-electron chi connectivity index (χ2n) is 4.68. The fraction of sp³-hybridized carbons (Fsp3) is 0.133. The van der Waals surface area contributed by atoms with Crippen LogP contribution in [0, 0.1) is 10.1 Å². The van der Waals surface area contributed by atoms with E-state index < -0.39 is 4.92 Å². The summed E-state index contributed by atoms with van der Waals surface area (Å²) in [5, 5.41) is 18.0. The van der Waals surface area contributed by atoms with Gasteiger partial charge in [0.2, 0.25) is 5.82 Å². The average Bonchev–Trinajstić information content (AvgIpc) is 3.06. The number of nitrogens with zero attached hydrogens (tertiary/aromatic N) is 4. The molecule has 2 heterocycles. The molecule has 0 atom stereocenters. The summed E-state index contributed by atoms with van der Waals surface area (Å²) >= 11 is 0. The number of benzene rings is 1. The summed E-state index contributed by atoms with van der Waals surface area (Å²) in [5.74, 6) is 0.599. The van der Waals surface area contributed by atoms with E-state index in [1.54, 1.807) is 36.7 Å². The summed E-state index contributed by atoms with van der Waals surface area (Å²) in [6.45, 7) is 2.46. The van der Waals surface area contributed by atoms with Gasteiger partial charge in [-0.1, -0.05) is 5.16 Å². The van der Waals surface area contributed by atoms with Gasteiger partial charge in [0.05, 0.1) is 10.5 Å². The van der Waals surface area contributed by atoms with Gasteiger partial charge < -0.3 is 9.84 Å². The number of anilines is 1. The van der Waals surface area contributed by atoms with Gasteiger partial charge in [0.1, 0.15) is 5.69 Å². The first kappa shape index (κ1) is 14.6. The van der Waals surface area contributed by atoms with Gasteiger partial charge in [-0.3, -0.25) is 15.1 Å². The number of nitro groups is 1. The summed E-state index contributed by atoms with van der Waals surface area (Å²) in [6, 6.07) is 8.33. The summed E-state index contributed by atoms with van der Waals surface area (Å²) in [6.07, 6.45) is 3.25. The van der Waals surface area contributed by atoms with Crippen molar-refractivity contribution in [1.29, 1.82) is 0 Å². The summed E-state index contributed by atoms with van der Waals surface area (Å²) < 4.78 is 5.20. The predicted molar refractivity (Wildman–Crippen MR) is 83.8 cm³/mol. The maximum Gasteiger partial charge on any atom is 0.293 e. The van der Waals surface area contributed by atoms with Crippen LogP contribution in [0.25, 0.3) is 22.8 Å². The molecule has 0 aliphatic carbocycles. The van der Waals surface area contributed by atoms with Crippen LogP contribution in [0.15, 0.2) is 47.2 Å². The third-order valence-corrected chi connectivity index (χ3v) is 3.15. The van der Waals surface area contributed by atoms with Crippen LogP contribution in [0.4, 0.5) is 11.4 Å². The molecule has 0 unspecified atom stereocenters. The standard InChI is InChI=1S/C15H13N5O3/c1-2-17-12-6-5-10(8-13(12)20(21)22)14-18-15(23-19-14)11-4-3-7-16-9-11/h3-9,17H,2H2,1H3. The van der Waals surface area contributed by atoms with Gasteiger partial charge in [0.15, 0.2) is 0 Å². The van der Waals surface area contributed by atoms with Gasteiger partial charge in [-0.25, -0.2) is 0 Å². The largest absolute Gasteiger partial charge is 0.380 e. The van der Waals surface area contributed by atoms with Crippen LogP contribution in [-0.4, -0.2) is 26.6 Å². The van der Waals surface area contributed by atoms with E-state index in [1.165, 1.54) is 6.07 Å². The molecule has 1 aromatic carbocycles. The lowest BCUT2D eigenvalue weighted by molar-refractivity contribution is -0.383. The van der Waals surface area contributed by atoms with Crippen molar-refractivity contribution in [1.82, 2.24) is 15.1 Å². The first-order chi connectivity index (χ1) is 11.2. The quantitative estimate of drug-likeness (QED) is 0.569. The smallest absolute Gasteiger partial charge is 0.293 e. The maximum absolute atomic E-state index is 11.2. The summed E-state index contributed by atoms with van der Waals surface area (Å²) in [4.78, 5) is 19.0. The molecule has 1 N–H and O–H groups in total. The Labute approximate surface area is 131 Å². The number of hydrogen-bond donors (Lipinski definition) is 1. The minimum atomic E-state index is -0.441. The Hall–Kier alpha value is -3.29. The van der Waals surface area contributed by atoms with E-state index in [1.807, 2.05) is 6.92 Å². The van der Waals surface area contributed by atoms with Gasteiger partial charge in [-0.15, -0.1) is 0 Å². The zero-order chi connectivity index (χ0) is 16.2. The van der Waals surface area contributed by atoms with Crippen LogP contribution >= 0.6 is 0 Å². The van der Waals surface area contributed by atoms with Crippen molar-refractivity contribution in [2.75, 3.05) is 11.9 Å². The topological polar surface area (TPSA) is 107 Å². The third kappa shape index (κ3) is 3.00. The molecule has 0 saturated heterocycles. The number of rotatable bonds is 5. The Morgan fingerprint density at radius 1 is 1.30 bits per heavy atom. The Balaban J connectivity index is 1.98. The number of hydrogen-bond acceptors (Lipinski definition) is 7.